The van der Waals surface area contributed by atoms with Gasteiger partial charge in [0.2, 0.25) is 0 Å². The van der Waals surface area contributed by atoms with E-state index in [0.29, 0.717) is 0 Å². The van der Waals surface area contributed by atoms with Crippen LogP contribution in [0.15, 0.2) is 121 Å². The van der Waals surface area contributed by atoms with E-state index >= 15 is 0 Å². The molecule has 0 fully saturated rings. The van der Waals surface area contributed by atoms with Gasteiger partial charge < -0.3 is 4.57 Å². The van der Waals surface area contributed by atoms with Crippen LogP contribution >= 0.6 is 0 Å². The molecule has 0 saturated carbocycles. The van der Waals surface area contributed by atoms with Crippen molar-refractivity contribution in [3.05, 3.63) is 137 Å². The van der Waals surface area contributed by atoms with Gasteiger partial charge in [-0.2, -0.15) is 0 Å². The summed E-state index contributed by atoms with van der Waals surface area (Å²) < 4.78 is 2.39. The molecule has 0 bridgehead atoms. The predicted octanol–water partition coefficient (Wildman–Crippen LogP) is 8.93. The van der Waals surface area contributed by atoms with Gasteiger partial charge in [0, 0.05) is 16.5 Å². The Morgan fingerprint density at radius 2 is 0.875 bits per heavy atom. The Morgan fingerprint density at radius 3 is 1.38 bits per heavy atom. The van der Waals surface area contributed by atoms with Crippen molar-refractivity contribution in [2.24, 2.45) is 0 Å². The fourth-order valence-electron chi connectivity index (χ4n) is 6.68. The van der Waals surface area contributed by atoms with Gasteiger partial charge >= 0.3 is 0 Å². The van der Waals surface area contributed by atoms with Crippen LogP contribution < -0.4 is 10.4 Å². The Labute approximate surface area is 234 Å². The number of rotatable bonds is 3. The second kappa shape index (κ2) is 9.10. The lowest BCUT2D eigenvalue weighted by molar-refractivity contribution is 1.12. The molecule has 1 aliphatic carbocycles. The molecule has 6 aromatic carbocycles. The van der Waals surface area contributed by atoms with Crippen LogP contribution in [0.2, 0.25) is 0 Å². The lowest BCUT2D eigenvalue weighted by Gasteiger charge is -2.18. The summed E-state index contributed by atoms with van der Waals surface area (Å²) in [5, 5.41) is 7.95. The molecule has 0 unspecified atom stereocenters. The second-order valence-corrected chi connectivity index (χ2v) is 10.9. The van der Waals surface area contributed by atoms with E-state index in [4.69, 9.17) is 0 Å². The van der Waals surface area contributed by atoms with E-state index in [-0.39, 0.29) is 0 Å². The molecule has 0 aliphatic heterocycles. The third kappa shape index (κ3) is 3.48. The third-order valence-electron chi connectivity index (χ3n) is 8.49. The first-order chi connectivity index (χ1) is 19.8. The van der Waals surface area contributed by atoms with Crippen molar-refractivity contribution in [1.82, 2.24) is 4.57 Å². The third-order valence-corrected chi connectivity index (χ3v) is 8.49. The maximum Gasteiger partial charge on any atom is 0.0541 e. The minimum atomic E-state index is 1.07. The van der Waals surface area contributed by atoms with Gasteiger partial charge in [0.15, 0.2) is 0 Å². The Bertz CT molecular complexity index is 2140. The molecule has 190 valence electrons. The molecule has 1 nitrogen and oxygen atoms in total. The summed E-state index contributed by atoms with van der Waals surface area (Å²) in [7, 11) is 0. The smallest absolute Gasteiger partial charge is 0.0541 e. The van der Waals surface area contributed by atoms with Crippen LogP contribution in [0.1, 0.15) is 18.4 Å². The van der Waals surface area contributed by atoms with E-state index in [0.717, 1.165) is 12.8 Å². The predicted molar refractivity (Wildman–Crippen MR) is 171 cm³/mol. The summed E-state index contributed by atoms with van der Waals surface area (Å²) in [6, 6.07) is 44.6. The minimum absolute atomic E-state index is 1.07. The number of para-hydroxylation sites is 2. The molecular weight excluding hydrogens is 482 g/mol. The molecule has 1 aliphatic rings. The summed E-state index contributed by atoms with van der Waals surface area (Å²) in [4.78, 5) is 0. The monoisotopic (exact) mass is 511 g/mol. The highest BCUT2D eigenvalue weighted by molar-refractivity contribution is 6.09. The van der Waals surface area contributed by atoms with Crippen molar-refractivity contribution in [3.8, 4) is 27.9 Å². The Balaban J connectivity index is 1.37. The van der Waals surface area contributed by atoms with Crippen LogP contribution in [-0.4, -0.2) is 4.57 Å². The minimum Gasteiger partial charge on any atom is -0.309 e. The Kier molecular flexibility index (Phi) is 5.24. The van der Waals surface area contributed by atoms with Crippen LogP contribution in [0.25, 0.3) is 72.7 Å². The van der Waals surface area contributed by atoms with E-state index in [1.165, 1.54) is 76.5 Å². The fraction of sp³-hybridized carbons (Fsp3) is 0.0769. The average molecular weight is 512 g/mol. The number of nitrogens with zero attached hydrogens (tertiary/aromatic N) is 1. The SMILES string of the molecule is Cc1ccc(-c2c3c(c(-c4ccc(-n5c6ccccc6c6ccccc65)cc4)c4ccccc24)=CCCC=3)cc1. The average Bonchev–Trinajstić information content (AvgIpc) is 3.35. The Morgan fingerprint density at radius 1 is 0.450 bits per heavy atom. The molecule has 1 aromatic heterocycles. The topological polar surface area (TPSA) is 4.93 Å². The van der Waals surface area contributed by atoms with Crippen molar-refractivity contribution in [2.75, 3.05) is 0 Å². The molecule has 40 heavy (non-hydrogen) atoms. The van der Waals surface area contributed by atoms with E-state index < -0.39 is 0 Å². The summed E-state index contributed by atoms with van der Waals surface area (Å²) >= 11 is 0. The molecule has 0 saturated heterocycles. The molecule has 0 amide bonds. The van der Waals surface area contributed by atoms with Crippen LogP contribution in [0, 0.1) is 6.92 Å². The number of aromatic nitrogens is 1. The summed E-state index contributed by atoms with van der Waals surface area (Å²) in [5.41, 5.74) is 10.2. The van der Waals surface area contributed by atoms with Crippen molar-refractivity contribution in [2.45, 2.75) is 19.8 Å². The van der Waals surface area contributed by atoms with Gasteiger partial charge in [0.1, 0.15) is 0 Å². The molecule has 1 heterocycles. The maximum absolute atomic E-state index is 2.45. The number of hydrogen-bond acceptors (Lipinski definition) is 0. The molecule has 0 radical (unpaired) electrons. The van der Waals surface area contributed by atoms with Gasteiger partial charge in [-0.05, 0) is 87.5 Å². The highest BCUT2D eigenvalue weighted by Gasteiger charge is 2.17. The van der Waals surface area contributed by atoms with E-state index in [9.17, 15) is 0 Å². The molecule has 0 N–H and O–H groups in total. The quantitative estimate of drug-likeness (QED) is 0.223. The van der Waals surface area contributed by atoms with E-state index in [1.807, 2.05) is 0 Å². The number of aryl methyl sites for hydroxylation is 1. The first-order valence-electron chi connectivity index (χ1n) is 14.2. The van der Waals surface area contributed by atoms with Crippen LogP contribution in [0.4, 0.5) is 0 Å². The van der Waals surface area contributed by atoms with Gasteiger partial charge in [-0.25, -0.2) is 0 Å². The Hall–Kier alpha value is -4.88. The van der Waals surface area contributed by atoms with Gasteiger partial charge in [0.05, 0.1) is 11.0 Å². The van der Waals surface area contributed by atoms with Gasteiger partial charge in [-0.3, -0.25) is 0 Å². The first-order valence-corrected chi connectivity index (χ1v) is 14.2. The maximum atomic E-state index is 2.45. The zero-order valence-electron chi connectivity index (χ0n) is 22.6. The van der Waals surface area contributed by atoms with Crippen molar-refractivity contribution in [1.29, 1.82) is 0 Å². The van der Waals surface area contributed by atoms with E-state index in [1.54, 1.807) is 0 Å². The summed E-state index contributed by atoms with van der Waals surface area (Å²) in [6.07, 6.45) is 7.06. The lowest BCUT2D eigenvalue weighted by atomic mass is 9.86. The molecular formula is C39H29N. The number of fused-ring (bicyclic) bond motifs is 5. The van der Waals surface area contributed by atoms with Crippen LogP contribution in [-0.2, 0) is 0 Å². The van der Waals surface area contributed by atoms with Crippen LogP contribution in [0.5, 0.6) is 0 Å². The van der Waals surface area contributed by atoms with Crippen molar-refractivity contribution < 1.29 is 0 Å². The number of benzene rings is 6. The van der Waals surface area contributed by atoms with Crippen LogP contribution in [0.3, 0.4) is 0 Å². The largest absolute Gasteiger partial charge is 0.309 e. The molecule has 1 heteroatoms. The summed E-state index contributed by atoms with van der Waals surface area (Å²) in [5.74, 6) is 0. The molecule has 8 rings (SSSR count). The second-order valence-electron chi connectivity index (χ2n) is 10.9. The van der Waals surface area contributed by atoms with Gasteiger partial charge in [0.25, 0.3) is 0 Å². The fourth-order valence-corrected chi connectivity index (χ4v) is 6.68. The van der Waals surface area contributed by atoms with Gasteiger partial charge in [-0.15, -0.1) is 0 Å². The van der Waals surface area contributed by atoms with Crippen molar-refractivity contribution >= 4 is 44.7 Å². The number of hydrogen-bond donors (Lipinski definition) is 0. The van der Waals surface area contributed by atoms with Gasteiger partial charge in [-0.1, -0.05) is 115 Å². The first kappa shape index (κ1) is 23.0. The zero-order valence-corrected chi connectivity index (χ0v) is 22.6. The highest BCUT2D eigenvalue weighted by atomic mass is 15.0. The summed E-state index contributed by atoms with van der Waals surface area (Å²) in [6.45, 7) is 2.16. The molecule has 0 spiro atoms. The molecule has 0 atom stereocenters. The zero-order chi connectivity index (χ0) is 26.6. The highest BCUT2D eigenvalue weighted by Crippen LogP contribution is 2.35. The standard InChI is InChI=1S/C39H29N/c1-26-18-20-27(21-19-26)38-32-12-2-4-14-34(32)39(35-15-5-3-13-33(35)38)28-22-24-29(25-23-28)40-36-16-8-6-10-30(36)31-11-7-9-17-37(31)40/h2,4,6-25H,3,5H2,1H3. The van der Waals surface area contributed by atoms with E-state index in [2.05, 4.69) is 145 Å². The lowest BCUT2D eigenvalue weighted by Crippen LogP contribution is -2.31. The van der Waals surface area contributed by atoms with Crippen molar-refractivity contribution in [3.63, 3.8) is 0 Å². The molecule has 7 aromatic rings. The normalized spacial score (nSPS) is 12.8.